The second-order valence-electron chi connectivity index (χ2n) is 7.57. The van der Waals surface area contributed by atoms with E-state index < -0.39 is 23.3 Å². The number of nitrogens with zero attached hydrogens (tertiary/aromatic N) is 1. The van der Waals surface area contributed by atoms with E-state index in [1.54, 1.807) is 24.3 Å². The molecule has 0 unspecified atom stereocenters. The molecule has 10 heteroatoms. The first-order valence-electron chi connectivity index (χ1n) is 11.0. The number of esters is 1. The maximum atomic E-state index is 12.2. The molecule has 1 N–H and O–H groups in total. The number of carbonyl (C=O) groups excluding carboxylic acids is 3. The van der Waals surface area contributed by atoms with Crippen LogP contribution in [0.1, 0.15) is 29.6 Å². The van der Waals surface area contributed by atoms with Crippen LogP contribution in [-0.2, 0) is 14.3 Å². The Morgan fingerprint density at radius 2 is 1.61 bits per heavy atom. The summed E-state index contributed by atoms with van der Waals surface area (Å²) in [6.45, 7) is -0.564. The highest BCUT2D eigenvalue weighted by atomic mass is 16.6. The maximum absolute atomic E-state index is 12.2. The summed E-state index contributed by atoms with van der Waals surface area (Å²) in [7, 11) is 1.28. The second-order valence-corrected chi connectivity index (χ2v) is 7.57. The second kappa shape index (κ2) is 12.7. The number of ether oxygens (including phenoxy) is 3. The number of nitro groups is 1. The lowest BCUT2D eigenvalue weighted by Gasteiger charge is -2.08. The van der Waals surface area contributed by atoms with Crippen LogP contribution in [0.2, 0.25) is 0 Å². The number of ketones is 1. The Morgan fingerprint density at radius 1 is 0.917 bits per heavy atom. The lowest BCUT2D eigenvalue weighted by Crippen LogP contribution is -2.15. The molecule has 3 aromatic rings. The van der Waals surface area contributed by atoms with E-state index in [-0.39, 0.29) is 42.2 Å². The van der Waals surface area contributed by atoms with Crippen molar-refractivity contribution >= 4 is 29.0 Å². The number of hydrogen-bond donors (Lipinski definition) is 1. The molecule has 0 spiro atoms. The Morgan fingerprint density at radius 3 is 2.28 bits per heavy atom. The molecule has 0 fully saturated rings. The molecule has 0 aliphatic rings. The topological polar surface area (TPSA) is 134 Å². The smallest absolute Gasteiger partial charge is 0.311 e. The van der Waals surface area contributed by atoms with Gasteiger partial charge in [0.05, 0.1) is 12.0 Å². The van der Waals surface area contributed by atoms with E-state index in [0.29, 0.717) is 17.2 Å². The molecular formula is C26H24N2O8. The number of nitrogens with one attached hydrogen (secondary N) is 1. The highest BCUT2D eigenvalue weighted by Gasteiger charge is 2.19. The molecule has 0 bridgehead atoms. The summed E-state index contributed by atoms with van der Waals surface area (Å²) >= 11 is 0. The minimum Gasteiger partial charge on any atom is -0.490 e. The summed E-state index contributed by atoms with van der Waals surface area (Å²) in [4.78, 5) is 46.7. The molecule has 0 saturated heterocycles. The minimum atomic E-state index is -0.667. The van der Waals surface area contributed by atoms with Gasteiger partial charge in [-0.2, -0.15) is 0 Å². The summed E-state index contributed by atoms with van der Waals surface area (Å²) in [5.41, 5.74) is 0.246. The Hall–Kier alpha value is -4.73. The number of benzene rings is 3. The number of anilines is 1. The summed E-state index contributed by atoms with van der Waals surface area (Å²) in [5.74, 6) is -0.175. The molecule has 3 rings (SSSR count). The van der Waals surface area contributed by atoms with Crippen molar-refractivity contribution in [3.63, 3.8) is 0 Å². The van der Waals surface area contributed by atoms with Crippen LogP contribution in [0, 0.1) is 10.1 Å². The van der Waals surface area contributed by atoms with E-state index >= 15 is 0 Å². The molecule has 10 nitrogen and oxygen atoms in total. The third-order valence-electron chi connectivity index (χ3n) is 4.96. The van der Waals surface area contributed by atoms with Crippen LogP contribution >= 0.6 is 0 Å². The zero-order valence-electron chi connectivity index (χ0n) is 19.5. The van der Waals surface area contributed by atoms with Crippen molar-refractivity contribution in [1.82, 2.24) is 0 Å². The van der Waals surface area contributed by atoms with E-state index in [2.05, 4.69) is 5.32 Å². The molecule has 0 aliphatic heterocycles. The van der Waals surface area contributed by atoms with Crippen molar-refractivity contribution in [2.24, 2.45) is 0 Å². The molecule has 1 amide bonds. The first kappa shape index (κ1) is 25.9. The molecule has 0 heterocycles. The van der Waals surface area contributed by atoms with Crippen LogP contribution in [0.5, 0.6) is 17.2 Å². The van der Waals surface area contributed by atoms with Crippen molar-refractivity contribution in [3.05, 3.63) is 88.5 Å². The van der Waals surface area contributed by atoms with Gasteiger partial charge < -0.3 is 19.5 Å². The Balaban J connectivity index is 1.38. The van der Waals surface area contributed by atoms with Crippen molar-refractivity contribution in [1.29, 1.82) is 0 Å². The summed E-state index contributed by atoms with van der Waals surface area (Å²) < 4.78 is 15.5. The fourth-order valence-corrected chi connectivity index (χ4v) is 3.16. The quantitative estimate of drug-likeness (QED) is 0.163. The van der Waals surface area contributed by atoms with E-state index in [1.165, 1.54) is 19.2 Å². The van der Waals surface area contributed by atoms with Crippen LogP contribution in [0.3, 0.4) is 0 Å². The number of hydrogen-bond acceptors (Lipinski definition) is 8. The molecule has 186 valence electrons. The summed E-state index contributed by atoms with van der Waals surface area (Å²) in [6.07, 6.45) is 0.241. The van der Waals surface area contributed by atoms with Gasteiger partial charge in [-0.15, -0.1) is 0 Å². The van der Waals surface area contributed by atoms with Crippen molar-refractivity contribution in [3.8, 4) is 17.2 Å². The number of methoxy groups -OCH3 is 1. The number of amides is 1. The molecule has 0 aromatic heterocycles. The maximum Gasteiger partial charge on any atom is 0.311 e. The standard InChI is InChI=1S/C26H24N2O8/c1-34-24-15-10-18(16-22(24)28(32)33)23(29)17-35-26(31)9-5-8-25(30)27-19-11-13-21(14-12-19)36-20-6-3-2-4-7-20/h2-4,6-7,10-16H,5,8-9,17H2,1H3,(H,27,30). The van der Waals surface area contributed by atoms with Gasteiger partial charge in [-0.05, 0) is 55.0 Å². The number of nitro benzene ring substituents is 1. The van der Waals surface area contributed by atoms with Gasteiger partial charge in [-0.25, -0.2) is 0 Å². The van der Waals surface area contributed by atoms with E-state index in [1.807, 2.05) is 30.3 Å². The van der Waals surface area contributed by atoms with Crippen molar-refractivity contribution < 1.29 is 33.5 Å². The normalized spacial score (nSPS) is 10.2. The largest absolute Gasteiger partial charge is 0.490 e. The van der Waals surface area contributed by atoms with Gasteiger partial charge in [0, 0.05) is 30.2 Å². The lowest BCUT2D eigenvalue weighted by molar-refractivity contribution is -0.385. The van der Waals surface area contributed by atoms with Gasteiger partial charge in [0.25, 0.3) is 0 Å². The van der Waals surface area contributed by atoms with Crippen LogP contribution in [0.4, 0.5) is 11.4 Å². The number of Topliss-reactive ketones (excluding diaryl/α,β-unsaturated/α-hetero) is 1. The van der Waals surface area contributed by atoms with E-state index in [4.69, 9.17) is 14.2 Å². The van der Waals surface area contributed by atoms with Crippen molar-refractivity contribution in [2.45, 2.75) is 19.3 Å². The lowest BCUT2D eigenvalue weighted by atomic mass is 10.1. The summed E-state index contributed by atoms with van der Waals surface area (Å²) in [6, 6.07) is 19.9. The van der Waals surface area contributed by atoms with Gasteiger partial charge in [-0.1, -0.05) is 18.2 Å². The third-order valence-corrected chi connectivity index (χ3v) is 4.96. The predicted octanol–water partition coefficient (Wildman–Crippen LogP) is 4.93. The highest BCUT2D eigenvalue weighted by Crippen LogP contribution is 2.27. The van der Waals surface area contributed by atoms with E-state index in [9.17, 15) is 24.5 Å². The fourth-order valence-electron chi connectivity index (χ4n) is 3.16. The molecule has 0 radical (unpaired) electrons. The van der Waals surface area contributed by atoms with E-state index in [0.717, 1.165) is 6.07 Å². The van der Waals surface area contributed by atoms with Gasteiger partial charge in [0.1, 0.15) is 11.5 Å². The molecular weight excluding hydrogens is 468 g/mol. The van der Waals surface area contributed by atoms with Crippen LogP contribution < -0.4 is 14.8 Å². The Labute approximate surface area is 206 Å². The molecule has 3 aromatic carbocycles. The molecule has 0 saturated carbocycles. The molecule has 0 aliphatic carbocycles. The zero-order chi connectivity index (χ0) is 25.9. The number of carbonyl (C=O) groups is 3. The van der Waals surface area contributed by atoms with Gasteiger partial charge in [0.2, 0.25) is 11.7 Å². The Bertz CT molecular complexity index is 1230. The SMILES string of the molecule is COc1ccc(C(=O)COC(=O)CCCC(=O)Nc2ccc(Oc3ccccc3)cc2)cc1[N+](=O)[O-]. The predicted molar refractivity (Wildman–Crippen MR) is 130 cm³/mol. The van der Waals surface area contributed by atoms with Gasteiger partial charge >= 0.3 is 11.7 Å². The monoisotopic (exact) mass is 492 g/mol. The van der Waals surface area contributed by atoms with Gasteiger partial charge in [-0.3, -0.25) is 24.5 Å². The average molecular weight is 492 g/mol. The highest BCUT2D eigenvalue weighted by molar-refractivity contribution is 5.98. The van der Waals surface area contributed by atoms with Gasteiger partial charge in [0.15, 0.2) is 12.4 Å². The first-order valence-corrected chi connectivity index (χ1v) is 11.0. The van der Waals surface area contributed by atoms with Crippen molar-refractivity contribution in [2.75, 3.05) is 19.0 Å². The van der Waals surface area contributed by atoms with Crippen LogP contribution in [-0.4, -0.2) is 36.3 Å². The number of rotatable bonds is 12. The first-order chi connectivity index (χ1) is 17.4. The summed E-state index contributed by atoms with van der Waals surface area (Å²) in [5, 5.41) is 13.8. The zero-order valence-corrected chi connectivity index (χ0v) is 19.5. The Kier molecular flexibility index (Phi) is 9.10. The minimum absolute atomic E-state index is 0.0169. The van der Waals surface area contributed by atoms with Crippen LogP contribution in [0.25, 0.3) is 0 Å². The van der Waals surface area contributed by atoms with Crippen LogP contribution in [0.15, 0.2) is 72.8 Å². The molecule has 0 atom stereocenters. The number of para-hydroxylation sites is 1. The molecule has 36 heavy (non-hydrogen) atoms. The average Bonchev–Trinajstić information content (AvgIpc) is 2.88. The fraction of sp³-hybridized carbons (Fsp3) is 0.192. The third kappa shape index (κ3) is 7.66.